The number of phenolic OH excluding ortho intramolecular Hbond substituents is 1. The zero-order valence-electron chi connectivity index (χ0n) is 11.1. The number of hydrogen-bond donors (Lipinski definition) is 1. The van der Waals surface area contributed by atoms with E-state index in [1.165, 1.54) is 12.1 Å². The molecule has 1 aromatic carbocycles. The Kier molecular flexibility index (Phi) is 5.83. The van der Waals surface area contributed by atoms with Gasteiger partial charge in [-0.25, -0.2) is 4.39 Å². The second kappa shape index (κ2) is 7.14. The van der Waals surface area contributed by atoms with Gasteiger partial charge in [0.15, 0.2) is 11.6 Å². The molecule has 1 aromatic rings. The van der Waals surface area contributed by atoms with E-state index in [1.807, 2.05) is 6.92 Å². The van der Waals surface area contributed by atoms with E-state index in [9.17, 15) is 14.3 Å². The number of rotatable bonds is 7. The molecule has 0 aromatic heterocycles. The van der Waals surface area contributed by atoms with Crippen molar-refractivity contribution in [1.29, 1.82) is 0 Å². The molecule has 0 aliphatic rings. The molecule has 0 saturated heterocycles. The van der Waals surface area contributed by atoms with Crippen molar-refractivity contribution < 1.29 is 14.3 Å². The van der Waals surface area contributed by atoms with E-state index in [4.69, 9.17) is 0 Å². The molecule has 0 spiro atoms. The third-order valence-corrected chi connectivity index (χ3v) is 3.08. The van der Waals surface area contributed by atoms with Crippen LogP contribution in [-0.2, 0) is 4.79 Å². The first-order chi connectivity index (χ1) is 8.58. The maximum absolute atomic E-state index is 13.0. The summed E-state index contributed by atoms with van der Waals surface area (Å²) in [5.41, 5.74) is 0.847. The molecule has 0 aliphatic heterocycles. The van der Waals surface area contributed by atoms with Crippen LogP contribution in [0.4, 0.5) is 4.39 Å². The summed E-state index contributed by atoms with van der Waals surface area (Å²) in [7, 11) is 0. The van der Waals surface area contributed by atoms with Gasteiger partial charge in [-0.1, -0.05) is 26.3 Å². The first kappa shape index (κ1) is 14.7. The Morgan fingerprint density at radius 2 is 2.06 bits per heavy atom. The largest absolute Gasteiger partial charge is 0.505 e. The van der Waals surface area contributed by atoms with Crippen LogP contribution >= 0.6 is 0 Å². The van der Waals surface area contributed by atoms with Gasteiger partial charge in [0.05, 0.1) is 0 Å². The molecule has 0 aliphatic carbocycles. The molecule has 100 valence electrons. The van der Waals surface area contributed by atoms with E-state index in [-0.39, 0.29) is 17.5 Å². The van der Waals surface area contributed by atoms with Crippen molar-refractivity contribution in [2.75, 3.05) is 0 Å². The fourth-order valence-corrected chi connectivity index (χ4v) is 2.17. The number of halogens is 1. The molecule has 0 saturated carbocycles. The van der Waals surface area contributed by atoms with Crippen molar-refractivity contribution in [3.63, 3.8) is 0 Å². The normalized spacial score (nSPS) is 12.4. The zero-order valence-corrected chi connectivity index (χ0v) is 11.1. The van der Waals surface area contributed by atoms with Crippen LogP contribution in [0.5, 0.6) is 5.75 Å². The van der Waals surface area contributed by atoms with Crippen molar-refractivity contribution >= 4 is 5.78 Å². The van der Waals surface area contributed by atoms with Gasteiger partial charge >= 0.3 is 0 Å². The van der Waals surface area contributed by atoms with Crippen LogP contribution < -0.4 is 0 Å². The SMILES string of the molecule is CCCC(=O)CC(CCC)c1ccc(F)c(O)c1. The van der Waals surface area contributed by atoms with Crippen molar-refractivity contribution in [2.24, 2.45) is 0 Å². The maximum Gasteiger partial charge on any atom is 0.164 e. The third kappa shape index (κ3) is 4.13. The fraction of sp³-hybridized carbons (Fsp3) is 0.533. The van der Waals surface area contributed by atoms with E-state index in [0.717, 1.165) is 24.8 Å². The van der Waals surface area contributed by atoms with Gasteiger partial charge in [0.2, 0.25) is 0 Å². The topological polar surface area (TPSA) is 37.3 Å². The van der Waals surface area contributed by atoms with Crippen LogP contribution in [0.3, 0.4) is 0 Å². The molecule has 18 heavy (non-hydrogen) atoms. The second-order valence-corrected chi connectivity index (χ2v) is 4.69. The molecule has 1 unspecified atom stereocenters. The Labute approximate surface area is 108 Å². The highest BCUT2D eigenvalue weighted by Gasteiger charge is 2.16. The van der Waals surface area contributed by atoms with Crippen LogP contribution in [0.15, 0.2) is 18.2 Å². The summed E-state index contributed by atoms with van der Waals surface area (Å²) in [6, 6.07) is 4.36. The highest BCUT2D eigenvalue weighted by molar-refractivity contribution is 5.79. The molecule has 0 radical (unpaired) electrons. The number of hydrogen-bond acceptors (Lipinski definition) is 2. The number of carbonyl (C=O) groups excluding carboxylic acids is 1. The number of Topliss-reactive ketones (excluding diaryl/α,β-unsaturated/α-hetero) is 1. The summed E-state index contributed by atoms with van der Waals surface area (Å²) >= 11 is 0. The van der Waals surface area contributed by atoms with E-state index < -0.39 is 5.82 Å². The predicted molar refractivity (Wildman–Crippen MR) is 70.2 cm³/mol. The Hall–Kier alpha value is -1.38. The van der Waals surface area contributed by atoms with E-state index in [0.29, 0.717) is 12.8 Å². The van der Waals surface area contributed by atoms with Crippen LogP contribution in [0, 0.1) is 5.82 Å². The summed E-state index contributed by atoms with van der Waals surface area (Å²) in [6.45, 7) is 4.04. The van der Waals surface area contributed by atoms with Crippen LogP contribution in [0.2, 0.25) is 0 Å². The number of phenols is 1. The van der Waals surface area contributed by atoms with Crippen LogP contribution in [-0.4, -0.2) is 10.9 Å². The maximum atomic E-state index is 13.0. The Bertz CT molecular complexity index is 401. The molecule has 0 heterocycles. The van der Waals surface area contributed by atoms with Gasteiger partial charge in [-0.05, 0) is 36.5 Å². The smallest absolute Gasteiger partial charge is 0.164 e. The summed E-state index contributed by atoms with van der Waals surface area (Å²) in [5, 5.41) is 9.39. The average Bonchev–Trinajstić information content (AvgIpc) is 2.32. The van der Waals surface area contributed by atoms with Gasteiger partial charge in [0.25, 0.3) is 0 Å². The minimum absolute atomic E-state index is 0.0838. The Balaban J connectivity index is 2.82. The molecular weight excluding hydrogens is 231 g/mol. The number of ketones is 1. The molecule has 0 fully saturated rings. The molecule has 1 rings (SSSR count). The molecule has 0 bridgehead atoms. The monoisotopic (exact) mass is 252 g/mol. The van der Waals surface area contributed by atoms with E-state index in [2.05, 4.69) is 6.92 Å². The van der Waals surface area contributed by atoms with Gasteiger partial charge in [-0.3, -0.25) is 4.79 Å². The summed E-state index contributed by atoms with van der Waals surface area (Å²) in [6.07, 6.45) is 3.76. The van der Waals surface area contributed by atoms with E-state index in [1.54, 1.807) is 6.07 Å². The van der Waals surface area contributed by atoms with Gasteiger partial charge in [0, 0.05) is 12.8 Å². The molecule has 1 atom stereocenters. The Morgan fingerprint density at radius 3 is 2.61 bits per heavy atom. The van der Waals surface area contributed by atoms with Crippen LogP contribution in [0.25, 0.3) is 0 Å². The number of aromatic hydroxyl groups is 1. The van der Waals surface area contributed by atoms with Gasteiger partial charge in [-0.2, -0.15) is 0 Å². The number of carbonyl (C=O) groups is 1. The molecule has 2 nitrogen and oxygen atoms in total. The van der Waals surface area contributed by atoms with Crippen molar-refractivity contribution in [2.45, 2.75) is 51.9 Å². The lowest BCUT2D eigenvalue weighted by Crippen LogP contribution is -2.07. The second-order valence-electron chi connectivity index (χ2n) is 4.69. The third-order valence-electron chi connectivity index (χ3n) is 3.08. The summed E-state index contributed by atoms with van der Waals surface area (Å²) < 4.78 is 13.0. The van der Waals surface area contributed by atoms with Crippen molar-refractivity contribution in [1.82, 2.24) is 0 Å². The average molecular weight is 252 g/mol. The highest BCUT2D eigenvalue weighted by Crippen LogP contribution is 2.29. The first-order valence-corrected chi connectivity index (χ1v) is 6.58. The van der Waals surface area contributed by atoms with Gasteiger partial charge in [-0.15, -0.1) is 0 Å². The minimum atomic E-state index is -0.617. The molecular formula is C15H21FO2. The van der Waals surface area contributed by atoms with Crippen molar-refractivity contribution in [3.8, 4) is 5.75 Å². The lowest BCUT2D eigenvalue weighted by Gasteiger charge is -2.16. The van der Waals surface area contributed by atoms with Crippen molar-refractivity contribution in [3.05, 3.63) is 29.6 Å². The molecule has 0 amide bonds. The minimum Gasteiger partial charge on any atom is -0.505 e. The van der Waals surface area contributed by atoms with Crippen LogP contribution in [0.1, 0.15) is 57.4 Å². The highest BCUT2D eigenvalue weighted by atomic mass is 19.1. The van der Waals surface area contributed by atoms with E-state index >= 15 is 0 Å². The predicted octanol–water partition coefficient (Wildman–Crippen LogP) is 4.17. The summed E-state index contributed by atoms with van der Waals surface area (Å²) in [5.74, 6) is -0.634. The molecule has 3 heteroatoms. The van der Waals surface area contributed by atoms with Gasteiger partial charge < -0.3 is 5.11 Å². The number of benzene rings is 1. The fourth-order valence-electron chi connectivity index (χ4n) is 2.17. The first-order valence-electron chi connectivity index (χ1n) is 6.58. The van der Waals surface area contributed by atoms with Gasteiger partial charge in [0.1, 0.15) is 5.78 Å². The molecule has 1 N–H and O–H groups in total. The Morgan fingerprint density at radius 1 is 1.33 bits per heavy atom. The quantitative estimate of drug-likeness (QED) is 0.790. The lowest BCUT2D eigenvalue weighted by molar-refractivity contribution is -0.119. The standard InChI is InChI=1S/C15H21FO2/c1-3-5-11(9-13(17)6-4-2)12-7-8-14(16)15(18)10-12/h7-8,10-11,18H,3-6,9H2,1-2H3. The lowest BCUT2D eigenvalue weighted by atomic mass is 9.89. The zero-order chi connectivity index (χ0) is 13.5. The summed E-state index contributed by atoms with van der Waals surface area (Å²) in [4.78, 5) is 11.7.